The molecule has 0 atom stereocenters. The van der Waals surface area contributed by atoms with Crippen molar-refractivity contribution in [3.8, 4) is 5.75 Å². The van der Waals surface area contributed by atoms with E-state index in [1.54, 1.807) is 30.2 Å². The van der Waals surface area contributed by atoms with Crippen molar-refractivity contribution in [2.45, 2.75) is 11.8 Å². The van der Waals surface area contributed by atoms with Crippen molar-refractivity contribution in [3.63, 3.8) is 0 Å². The van der Waals surface area contributed by atoms with Crippen molar-refractivity contribution in [1.82, 2.24) is 9.88 Å². The van der Waals surface area contributed by atoms with Gasteiger partial charge in [0.1, 0.15) is 11.3 Å². The average molecular weight is 414 g/mol. The van der Waals surface area contributed by atoms with Crippen LogP contribution in [0.2, 0.25) is 0 Å². The number of carbonyl (C=O) groups is 1. The highest BCUT2D eigenvalue weighted by Crippen LogP contribution is 2.34. The fourth-order valence-electron chi connectivity index (χ4n) is 3.38. The monoisotopic (exact) mass is 413 g/mol. The number of piperazine rings is 1. The normalized spacial score (nSPS) is 14.5. The Kier molecular flexibility index (Phi) is 5.73. The summed E-state index contributed by atoms with van der Waals surface area (Å²) in [4.78, 5) is 23.0. The summed E-state index contributed by atoms with van der Waals surface area (Å²) < 4.78 is 6.55. The van der Waals surface area contributed by atoms with Gasteiger partial charge in [-0.3, -0.25) is 4.79 Å². The molecule has 1 fully saturated rings. The summed E-state index contributed by atoms with van der Waals surface area (Å²) in [5.41, 5.74) is 1.69. The van der Waals surface area contributed by atoms with E-state index in [1.165, 1.54) is 0 Å². The topological polar surface area (TPSA) is 45.7 Å². The predicted molar refractivity (Wildman–Crippen MR) is 117 cm³/mol. The molecule has 0 radical (unpaired) electrons. The Hall–Kier alpha value is -2.25. The lowest BCUT2D eigenvalue weighted by Gasteiger charge is -2.34. The van der Waals surface area contributed by atoms with Crippen molar-refractivity contribution in [1.29, 1.82) is 0 Å². The van der Waals surface area contributed by atoms with E-state index >= 15 is 0 Å². The minimum Gasteiger partial charge on any atom is -0.494 e. The Morgan fingerprint density at radius 3 is 2.71 bits per heavy atom. The fraction of sp³-hybridized carbons (Fsp3) is 0.333. The van der Waals surface area contributed by atoms with E-state index in [0.29, 0.717) is 13.1 Å². The van der Waals surface area contributed by atoms with Crippen molar-refractivity contribution >= 4 is 44.4 Å². The van der Waals surface area contributed by atoms with Crippen LogP contribution < -0.4 is 9.64 Å². The molecule has 0 bridgehead atoms. The van der Waals surface area contributed by atoms with Crippen LogP contribution in [0.5, 0.6) is 5.75 Å². The molecule has 1 amide bonds. The number of carbonyl (C=O) groups excluding carboxylic acids is 1. The molecule has 2 aromatic carbocycles. The van der Waals surface area contributed by atoms with Gasteiger partial charge in [-0.15, -0.1) is 11.8 Å². The molecule has 1 aliphatic rings. The molecule has 7 heteroatoms. The summed E-state index contributed by atoms with van der Waals surface area (Å²) in [5, 5.41) is 0.993. The molecule has 4 rings (SSSR count). The molecular formula is C21H23N3O2S2. The van der Waals surface area contributed by atoms with Crippen LogP contribution in [-0.2, 0) is 0 Å². The van der Waals surface area contributed by atoms with Crippen molar-refractivity contribution in [2.75, 3.05) is 43.9 Å². The molecule has 1 saturated heterocycles. The molecule has 28 heavy (non-hydrogen) atoms. The third-order valence-electron chi connectivity index (χ3n) is 4.82. The van der Waals surface area contributed by atoms with Gasteiger partial charge >= 0.3 is 0 Å². The van der Waals surface area contributed by atoms with Crippen LogP contribution >= 0.6 is 23.1 Å². The SMILES string of the molecule is CCSc1cccc(C(=O)N2CCN(c3nc4c(OC)cccc4s3)CC2)c1. The van der Waals surface area contributed by atoms with E-state index in [1.807, 2.05) is 35.2 Å². The molecular weight excluding hydrogens is 390 g/mol. The number of thioether (sulfide) groups is 1. The molecule has 0 N–H and O–H groups in total. The van der Waals surface area contributed by atoms with Gasteiger partial charge < -0.3 is 14.5 Å². The minimum atomic E-state index is 0.115. The van der Waals surface area contributed by atoms with Crippen LogP contribution in [0.4, 0.5) is 5.13 Å². The lowest BCUT2D eigenvalue weighted by atomic mass is 10.2. The Morgan fingerprint density at radius 1 is 1.18 bits per heavy atom. The van der Waals surface area contributed by atoms with Gasteiger partial charge in [0.05, 0.1) is 11.8 Å². The highest BCUT2D eigenvalue weighted by atomic mass is 32.2. The largest absolute Gasteiger partial charge is 0.494 e. The van der Waals surface area contributed by atoms with Crippen LogP contribution in [0.1, 0.15) is 17.3 Å². The van der Waals surface area contributed by atoms with Crippen LogP contribution in [0.25, 0.3) is 10.2 Å². The van der Waals surface area contributed by atoms with Gasteiger partial charge in [-0.2, -0.15) is 0 Å². The van der Waals surface area contributed by atoms with Gasteiger partial charge in [-0.05, 0) is 36.1 Å². The van der Waals surface area contributed by atoms with E-state index < -0.39 is 0 Å². The summed E-state index contributed by atoms with van der Waals surface area (Å²) in [6.45, 7) is 5.11. The number of benzene rings is 2. The van der Waals surface area contributed by atoms with Crippen molar-refractivity contribution in [2.24, 2.45) is 0 Å². The lowest BCUT2D eigenvalue weighted by molar-refractivity contribution is 0.0746. The first kappa shape index (κ1) is 19.1. The number of hydrogen-bond donors (Lipinski definition) is 0. The molecule has 2 heterocycles. The first-order valence-corrected chi connectivity index (χ1v) is 11.2. The maximum atomic E-state index is 12.9. The number of para-hydroxylation sites is 1. The zero-order chi connectivity index (χ0) is 19.5. The summed E-state index contributed by atoms with van der Waals surface area (Å²) in [5.74, 6) is 1.92. The van der Waals surface area contributed by atoms with Crippen LogP contribution in [0, 0.1) is 0 Å². The first-order valence-electron chi connectivity index (χ1n) is 9.40. The number of aromatic nitrogens is 1. The third kappa shape index (κ3) is 3.82. The van der Waals surface area contributed by atoms with Gasteiger partial charge in [-0.1, -0.05) is 30.4 Å². The molecule has 1 aromatic heterocycles. The summed E-state index contributed by atoms with van der Waals surface area (Å²) in [6, 6.07) is 13.9. The Balaban J connectivity index is 1.44. The zero-order valence-electron chi connectivity index (χ0n) is 16.1. The van der Waals surface area contributed by atoms with Gasteiger partial charge in [0.15, 0.2) is 5.13 Å². The quantitative estimate of drug-likeness (QED) is 0.581. The highest BCUT2D eigenvalue weighted by molar-refractivity contribution is 7.99. The van der Waals surface area contributed by atoms with Crippen LogP contribution in [0.3, 0.4) is 0 Å². The van der Waals surface area contributed by atoms with Crippen molar-refractivity contribution in [3.05, 3.63) is 48.0 Å². The molecule has 0 saturated carbocycles. The Labute approximate surface area is 173 Å². The number of nitrogens with zero attached hydrogens (tertiary/aromatic N) is 3. The molecule has 0 aliphatic carbocycles. The number of thiazole rings is 1. The number of fused-ring (bicyclic) bond motifs is 1. The smallest absolute Gasteiger partial charge is 0.254 e. The highest BCUT2D eigenvalue weighted by Gasteiger charge is 2.24. The van der Waals surface area contributed by atoms with E-state index in [0.717, 1.165) is 50.4 Å². The number of ether oxygens (including phenoxy) is 1. The maximum Gasteiger partial charge on any atom is 0.254 e. The third-order valence-corrected chi connectivity index (χ3v) is 6.78. The fourth-order valence-corrected chi connectivity index (χ4v) is 5.13. The number of hydrogen-bond acceptors (Lipinski definition) is 6. The molecule has 0 unspecified atom stereocenters. The van der Waals surface area contributed by atoms with E-state index in [4.69, 9.17) is 9.72 Å². The molecule has 146 valence electrons. The molecule has 1 aliphatic heterocycles. The summed E-state index contributed by atoms with van der Waals surface area (Å²) >= 11 is 3.44. The summed E-state index contributed by atoms with van der Waals surface area (Å²) in [7, 11) is 1.67. The second-order valence-electron chi connectivity index (χ2n) is 6.54. The van der Waals surface area contributed by atoms with Crippen molar-refractivity contribution < 1.29 is 9.53 Å². The van der Waals surface area contributed by atoms with Crippen LogP contribution in [0.15, 0.2) is 47.4 Å². The standard InChI is InChI=1S/C21H23N3O2S2/c1-3-27-16-7-4-6-15(14-16)20(25)23-10-12-24(13-11-23)21-22-19-17(26-2)8-5-9-18(19)28-21/h4-9,14H,3,10-13H2,1-2H3. The maximum absolute atomic E-state index is 12.9. The molecule has 3 aromatic rings. The summed E-state index contributed by atoms with van der Waals surface area (Å²) in [6.07, 6.45) is 0. The van der Waals surface area contributed by atoms with Gasteiger partial charge in [0.2, 0.25) is 0 Å². The van der Waals surface area contributed by atoms with E-state index in [9.17, 15) is 4.79 Å². The van der Waals surface area contributed by atoms with Crippen LogP contribution in [-0.4, -0.2) is 54.8 Å². The Bertz CT molecular complexity index is 981. The van der Waals surface area contributed by atoms with Gasteiger partial charge in [0, 0.05) is 36.6 Å². The van der Waals surface area contributed by atoms with Gasteiger partial charge in [0.25, 0.3) is 5.91 Å². The first-order chi connectivity index (χ1) is 13.7. The second kappa shape index (κ2) is 8.41. The average Bonchev–Trinajstić information content (AvgIpc) is 3.18. The van der Waals surface area contributed by atoms with E-state index in [2.05, 4.69) is 24.0 Å². The van der Waals surface area contributed by atoms with Gasteiger partial charge in [-0.25, -0.2) is 4.98 Å². The predicted octanol–water partition coefficient (Wildman–Crippen LogP) is 4.38. The number of anilines is 1. The van der Waals surface area contributed by atoms with E-state index in [-0.39, 0.29) is 5.91 Å². The molecule has 0 spiro atoms. The lowest BCUT2D eigenvalue weighted by Crippen LogP contribution is -2.48. The number of rotatable bonds is 5. The number of methoxy groups -OCH3 is 1. The number of amides is 1. The minimum absolute atomic E-state index is 0.115. The molecule has 5 nitrogen and oxygen atoms in total. The second-order valence-corrected chi connectivity index (χ2v) is 8.89. The Morgan fingerprint density at radius 2 is 1.96 bits per heavy atom. The zero-order valence-corrected chi connectivity index (χ0v) is 17.7.